The van der Waals surface area contributed by atoms with E-state index in [0.29, 0.717) is 13.0 Å². The quantitative estimate of drug-likeness (QED) is 0.754. The molecule has 0 aromatic carbocycles. The smallest absolute Gasteiger partial charge is 0.408 e. The number of hydrogen-bond acceptors (Lipinski definition) is 4. The van der Waals surface area contributed by atoms with Crippen LogP contribution in [0.1, 0.15) is 60.8 Å². The average Bonchev–Trinajstić information content (AvgIpc) is 2.82. The van der Waals surface area contributed by atoms with Gasteiger partial charge >= 0.3 is 6.09 Å². The molecule has 6 nitrogen and oxygen atoms in total. The first-order valence-electron chi connectivity index (χ1n) is 9.69. The fourth-order valence-electron chi connectivity index (χ4n) is 3.38. The van der Waals surface area contributed by atoms with Gasteiger partial charge in [-0.1, -0.05) is 20.8 Å². The van der Waals surface area contributed by atoms with Crippen molar-refractivity contribution in [2.24, 2.45) is 0 Å². The molecule has 0 bridgehead atoms. The summed E-state index contributed by atoms with van der Waals surface area (Å²) in [5.41, 5.74) is -0.569. The number of nitrogens with one attached hydrogen (secondary N) is 1. The van der Waals surface area contributed by atoms with Gasteiger partial charge in [-0.05, 0) is 58.2 Å². The maximum atomic E-state index is 12.8. The Labute approximate surface area is 159 Å². The second kappa shape index (κ2) is 7.15. The maximum Gasteiger partial charge on any atom is 0.408 e. The van der Waals surface area contributed by atoms with Gasteiger partial charge in [0.2, 0.25) is 5.91 Å². The third-order valence-corrected chi connectivity index (χ3v) is 10.3. The van der Waals surface area contributed by atoms with Gasteiger partial charge in [0.1, 0.15) is 11.6 Å². The van der Waals surface area contributed by atoms with Crippen molar-refractivity contribution >= 4 is 20.3 Å². The van der Waals surface area contributed by atoms with Gasteiger partial charge in [-0.2, -0.15) is 0 Å². The number of carbonyl (C=O) groups is 2. The fourth-order valence-corrected chi connectivity index (χ4v) is 4.76. The molecule has 0 radical (unpaired) electrons. The van der Waals surface area contributed by atoms with E-state index < -0.39 is 26.1 Å². The Balaban J connectivity index is 1.98. The molecule has 0 unspecified atom stereocenters. The SMILES string of the molecule is CC(C)(C)OC(=O)N[C@@H]1CC[C@H]2[C@@H](O[Si](C)(C)C(C)(C)C)CCN2C1=O. The van der Waals surface area contributed by atoms with E-state index in [4.69, 9.17) is 9.16 Å². The topological polar surface area (TPSA) is 67.9 Å². The normalized spacial score (nSPS) is 27.3. The summed E-state index contributed by atoms with van der Waals surface area (Å²) in [6, 6.07) is -0.360. The lowest BCUT2D eigenvalue weighted by molar-refractivity contribution is -0.138. The molecule has 3 atom stereocenters. The van der Waals surface area contributed by atoms with Gasteiger partial charge in [-0.3, -0.25) is 4.79 Å². The van der Waals surface area contributed by atoms with Crippen LogP contribution in [0.2, 0.25) is 18.1 Å². The summed E-state index contributed by atoms with van der Waals surface area (Å²) in [5, 5.41) is 2.89. The molecule has 0 aromatic rings. The van der Waals surface area contributed by atoms with Crippen LogP contribution in [-0.2, 0) is 14.0 Å². The van der Waals surface area contributed by atoms with E-state index in [2.05, 4.69) is 39.2 Å². The van der Waals surface area contributed by atoms with Crippen molar-refractivity contribution in [3.8, 4) is 0 Å². The van der Waals surface area contributed by atoms with Gasteiger partial charge in [0.05, 0.1) is 12.1 Å². The molecule has 2 aliphatic rings. The predicted octanol–water partition coefficient (Wildman–Crippen LogP) is 3.66. The fraction of sp³-hybridized carbons (Fsp3) is 0.895. The molecular formula is C19H36N2O4Si. The Kier molecular flexibility index (Phi) is 5.83. The van der Waals surface area contributed by atoms with E-state index in [1.54, 1.807) is 0 Å². The molecule has 0 aliphatic carbocycles. The Bertz CT molecular complexity index is 551. The summed E-state index contributed by atoms with van der Waals surface area (Å²) < 4.78 is 11.9. The third kappa shape index (κ3) is 4.79. The number of ether oxygens (including phenoxy) is 1. The average molecular weight is 385 g/mol. The van der Waals surface area contributed by atoms with Crippen LogP contribution in [0.5, 0.6) is 0 Å². The Hall–Kier alpha value is -1.08. The van der Waals surface area contributed by atoms with Gasteiger partial charge in [0.15, 0.2) is 8.32 Å². The molecular weight excluding hydrogens is 348 g/mol. The Morgan fingerprint density at radius 3 is 2.27 bits per heavy atom. The molecule has 0 aromatic heterocycles. The zero-order chi connectivity index (χ0) is 19.9. The summed E-state index contributed by atoms with van der Waals surface area (Å²) in [6.07, 6.45) is 1.95. The molecule has 2 heterocycles. The molecule has 26 heavy (non-hydrogen) atoms. The van der Waals surface area contributed by atoms with Crippen molar-refractivity contribution in [1.29, 1.82) is 0 Å². The first-order valence-corrected chi connectivity index (χ1v) is 12.6. The summed E-state index contributed by atoms with van der Waals surface area (Å²) in [4.78, 5) is 26.7. The number of piperidine rings is 1. The number of nitrogens with zero attached hydrogens (tertiary/aromatic N) is 1. The highest BCUT2D eigenvalue weighted by molar-refractivity contribution is 6.74. The molecule has 2 rings (SSSR count). The van der Waals surface area contributed by atoms with Crippen molar-refractivity contribution in [2.75, 3.05) is 6.54 Å². The lowest BCUT2D eigenvalue weighted by Crippen LogP contribution is -2.57. The van der Waals surface area contributed by atoms with Gasteiger partial charge < -0.3 is 19.4 Å². The molecule has 1 N–H and O–H groups in total. The highest BCUT2D eigenvalue weighted by Crippen LogP contribution is 2.40. The molecule has 2 aliphatic heterocycles. The van der Waals surface area contributed by atoms with Crippen LogP contribution >= 0.6 is 0 Å². The molecule has 2 amide bonds. The van der Waals surface area contributed by atoms with Crippen molar-refractivity contribution in [2.45, 2.75) is 103 Å². The predicted molar refractivity (Wildman–Crippen MR) is 105 cm³/mol. The molecule has 7 heteroatoms. The molecule has 0 saturated carbocycles. The standard InChI is InChI=1S/C19H36N2O4Si/c1-18(2,3)24-17(23)20-13-9-10-14-15(11-12-21(14)16(13)22)25-26(7,8)19(4,5)6/h13-15H,9-12H2,1-8H3,(H,20,23)/t13-,14+,15+/m1/s1. The number of hydrogen-bond donors (Lipinski definition) is 1. The Morgan fingerprint density at radius 2 is 1.73 bits per heavy atom. The number of fused-ring (bicyclic) bond motifs is 1. The van der Waals surface area contributed by atoms with Crippen molar-refractivity contribution < 1.29 is 18.8 Å². The van der Waals surface area contributed by atoms with Crippen molar-refractivity contribution in [3.63, 3.8) is 0 Å². The number of carbonyl (C=O) groups excluding carboxylic acids is 2. The first kappa shape index (κ1) is 21.2. The third-order valence-electron chi connectivity index (χ3n) is 5.76. The minimum atomic E-state index is -1.87. The highest BCUT2D eigenvalue weighted by Gasteiger charge is 2.48. The van der Waals surface area contributed by atoms with Crippen molar-refractivity contribution in [1.82, 2.24) is 10.2 Å². The minimum absolute atomic E-state index is 0.00607. The van der Waals surface area contributed by atoms with Crippen LogP contribution in [0.4, 0.5) is 4.79 Å². The first-order chi connectivity index (χ1) is 11.7. The summed E-state index contributed by atoms with van der Waals surface area (Å²) in [6.45, 7) is 17.4. The Morgan fingerprint density at radius 1 is 1.12 bits per heavy atom. The van der Waals surface area contributed by atoms with Crippen LogP contribution in [-0.4, -0.2) is 55.6 Å². The van der Waals surface area contributed by atoms with Gasteiger partial charge in [0.25, 0.3) is 0 Å². The zero-order valence-corrected chi connectivity index (χ0v) is 18.6. The van der Waals surface area contributed by atoms with Crippen molar-refractivity contribution in [3.05, 3.63) is 0 Å². The van der Waals surface area contributed by atoms with Crippen LogP contribution in [0.25, 0.3) is 0 Å². The molecule has 150 valence electrons. The summed E-state index contributed by atoms with van der Waals surface area (Å²) in [5.74, 6) is -0.00607. The molecule has 2 saturated heterocycles. The van der Waals surface area contributed by atoms with E-state index >= 15 is 0 Å². The van der Waals surface area contributed by atoms with E-state index in [1.165, 1.54) is 0 Å². The van der Waals surface area contributed by atoms with Crippen LogP contribution in [0.15, 0.2) is 0 Å². The van der Waals surface area contributed by atoms with Gasteiger partial charge in [-0.15, -0.1) is 0 Å². The lowest BCUT2D eigenvalue weighted by Gasteiger charge is -2.42. The summed E-state index contributed by atoms with van der Waals surface area (Å²) in [7, 11) is -1.87. The maximum absolute atomic E-state index is 12.8. The van der Waals surface area contributed by atoms with E-state index in [-0.39, 0.29) is 23.1 Å². The monoisotopic (exact) mass is 384 g/mol. The lowest BCUT2D eigenvalue weighted by atomic mass is 9.97. The van der Waals surface area contributed by atoms with E-state index in [9.17, 15) is 9.59 Å². The largest absolute Gasteiger partial charge is 0.444 e. The minimum Gasteiger partial charge on any atom is -0.444 e. The van der Waals surface area contributed by atoms with Gasteiger partial charge in [-0.25, -0.2) is 4.79 Å². The zero-order valence-electron chi connectivity index (χ0n) is 17.6. The van der Waals surface area contributed by atoms with Crippen LogP contribution < -0.4 is 5.32 Å². The number of rotatable bonds is 3. The van der Waals surface area contributed by atoms with Gasteiger partial charge in [0, 0.05) is 6.54 Å². The molecule has 2 fully saturated rings. The number of amides is 2. The second-order valence-electron chi connectivity index (χ2n) is 10.1. The molecule has 0 spiro atoms. The van der Waals surface area contributed by atoms with E-state index in [1.807, 2.05) is 25.7 Å². The number of alkyl carbamates (subject to hydrolysis) is 1. The van der Waals surface area contributed by atoms with Crippen LogP contribution in [0, 0.1) is 0 Å². The second-order valence-corrected chi connectivity index (χ2v) is 14.8. The van der Waals surface area contributed by atoms with Crippen LogP contribution in [0.3, 0.4) is 0 Å². The summed E-state index contributed by atoms with van der Waals surface area (Å²) >= 11 is 0. The highest BCUT2D eigenvalue weighted by atomic mass is 28.4. The van der Waals surface area contributed by atoms with E-state index in [0.717, 1.165) is 12.8 Å².